The number of carbonyl (C=O) groups excluding carboxylic acids is 1. The van der Waals surface area contributed by atoms with Crippen LogP contribution < -0.4 is 5.32 Å². The first-order valence-electron chi connectivity index (χ1n) is 9.89. The van der Waals surface area contributed by atoms with Crippen LogP contribution in [-0.4, -0.2) is 44.3 Å². The Bertz CT molecular complexity index is 880. The number of hydrogen-bond acceptors (Lipinski definition) is 4. The number of likely N-dealkylation sites (tertiary alicyclic amines) is 1. The molecule has 2 aliphatic rings. The molecule has 156 valence electrons. The van der Waals surface area contributed by atoms with Crippen LogP contribution in [0.2, 0.25) is 0 Å². The summed E-state index contributed by atoms with van der Waals surface area (Å²) < 4.78 is 42.2. The average Bonchev–Trinajstić information content (AvgIpc) is 3.32. The predicted molar refractivity (Wildman–Crippen MR) is 101 cm³/mol. The molecule has 29 heavy (non-hydrogen) atoms. The van der Waals surface area contributed by atoms with Gasteiger partial charge in [-0.25, -0.2) is 4.68 Å². The molecule has 6 nitrogen and oxygen atoms in total. The van der Waals surface area contributed by atoms with Gasteiger partial charge in [0.1, 0.15) is 5.82 Å². The monoisotopic (exact) mass is 407 g/mol. The second-order valence-electron chi connectivity index (χ2n) is 8.09. The van der Waals surface area contributed by atoms with Crippen LogP contribution in [0.25, 0.3) is 0 Å². The maximum Gasteiger partial charge on any atom is 0.410 e. The van der Waals surface area contributed by atoms with Gasteiger partial charge in [-0.05, 0) is 37.3 Å². The lowest BCUT2D eigenvalue weighted by Crippen LogP contribution is -2.41. The highest BCUT2D eigenvalue weighted by atomic mass is 19.4. The third-order valence-corrected chi connectivity index (χ3v) is 5.81. The van der Waals surface area contributed by atoms with Gasteiger partial charge in [0, 0.05) is 31.0 Å². The van der Waals surface area contributed by atoms with Gasteiger partial charge in [-0.15, -0.1) is 0 Å². The number of amides is 1. The Morgan fingerprint density at radius 1 is 1.34 bits per heavy atom. The van der Waals surface area contributed by atoms with Crippen molar-refractivity contribution in [1.82, 2.24) is 19.7 Å². The fraction of sp³-hybridized carbons (Fsp3) is 0.550. The van der Waals surface area contributed by atoms with Crippen LogP contribution >= 0.6 is 0 Å². The van der Waals surface area contributed by atoms with Crippen LogP contribution in [0.5, 0.6) is 0 Å². The Hall–Kier alpha value is -2.58. The highest BCUT2D eigenvalue weighted by Gasteiger charge is 2.47. The Morgan fingerprint density at radius 3 is 2.79 bits per heavy atom. The molecule has 0 radical (unpaired) electrons. The average molecular weight is 407 g/mol. The molecule has 3 atom stereocenters. The quantitative estimate of drug-likeness (QED) is 0.828. The van der Waals surface area contributed by atoms with Crippen molar-refractivity contribution in [1.29, 1.82) is 0 Å². The Balaban J connectivity index is 1.65. The molecule has 2 aliphatic heterocycles. The number of alkyl halides is 3. The molecule has 0 saturated carbocycles. The Kier molecular flexibility index (Phi) is 5.00. The van der Waals surface area contributed by atoms with E-state index >= 15 is 0 Å². The zero-order valence-electron chi connectivity index (χ0n) is 16.4. The molecule has 0 unspecified atom stereocenters. The molecule has 1 fully saturated rings. The number of nitrogens with one attached hydrogen (secondary N) is 1. The highest BCUT2D eigenvalue weighted by Crippen LogP contribution is 2.42. The SMILES string of the molecule is CC(C)[C@@H]1C[C@H](C(F)(F)F)n2nc([C@@H]3CCCN3C(=O)c3cccnc3)cc2N1. The summed E-state index contributed by atoms with van der Waals surface area (Å²) in [5.41, 5.74) is 0.968. The van der Waals surface area contributed by atoms with Gasteiger partial charge in [-0.3, -0.25) is 9.78 Å². The third kappa shape index (κ3) is 3.70. The van der Waals surface area contributed by atoms with Crippen molar-refractivity contribution in [2.45, 2.75) is 57.4 Å². The van der Waals surface area contributed by atoms with Crippen molar-refractivity contribution in [3.8, 4) is 0 Å². The van der Waals surface area contributed by atoms with E-state index < -0.39 is 12.2 Å². The fourth-order valence-corrected chi connectivity index (χ4v) is 4.19. The van der Waals surface area contributed by atoms with Crippen molar-refractivity contribution in [3.63, 3.8) is 0 Å². The lowest BCUT2D eigenvalue weighted by molar-refractivity contribution is -0.174. The van der Waals surface area contributed by atoms with E-state index in [-0.39, 0.29) is 30.3 Å². The highest BCUT2D eigenvalue weighted by molar-refractivity contribution is 5.94. The number of pyridine rings is 1. The van der Waals surface area contributed by atoms with E-state index in [2.05, 4.69) is 15.4 Å². The molecule has 0 aromatic carbocycles. The number of fused-ring (bicyclic) bond motifs is 1. The minimum Gasteiger partial charge on any atom is -0.367 e. The molecule has 2 aromatic heterocycles. The largest absolute Gasteiger partial charge is 0.410 e. The van der Waals surface area contributed by atoms with Gasteiger partial charge in [-0.2, -0.15) is 18.3 Å². The van der Waals surface area contributed by atoms with Crippen molar-refractivity contribution in [2.24, 2.45) is 5.92 Å². The zero-order valence-corrected chi connectivity index (χ0v) is 16.4. The van der Waals surface area contributed by atoms with E-state index in [9.17, 15) is 18.0 Å². The number of nitrogens with zero attached hydrogens (tertiary/aromatic N) is 4. The molecule has 0 aliphatic carbocycles. The molecule has 1 N–H and O–H groups in total. The van der Waals surface area contributed by atoms with E-state index in [1.807, 2.05) is 13.8 Å². The number of aromatic nitrogens is 3. The zero-order chi connectivity index (χ0) is 20.8. The van der Waals surface area contributed by atoms with Gasteiger partial charge in [-0.1, -0.05) is 13.8 Å². The summed E-state index contributed by atoms with van der Waals surface area (Å²) in [7, 11) is 0. The van der Waals surface area contributed by atoms with Crippen LogP contribution in [0.3, 0.4) is 0 Å². The van der Waals surface area contributed by atoms with Gasteiger partial charge in [0.05, 0.1) is 17.3 Å². The smallest absolute Gasteiger partial charge is 0.367 e. The summed E-state index contributed by atoms with van der Waals surface area (Å²) in [6.07, 6.45) is 0.114. The van der Waals surface area contributed by atoms with Gasteiger partial charge in [0.2, 0.25) is 0 Å². The van der Waals surface area contributed by atoms with E-state index in [1.54, 1.807) is 29.3 Å². The van der Waals surface area contributed by atoms with Crippen molar-refractivity contribution < 1.29 is 18.0 Å². The summed E-state index contributed by atoms with van der Waals surface area (Å²) in [6, 6.07) is 2.77. The molecule has 0 bridgehead atoms. The molecular weight excluding hydrogens is 383 g/mol. The summed E-state index contributed by atoms with van der Waals surface area (Å²) in [4.78, 5) is 18.6. The van der Waals surface area contributed by atoms with Crippen LogP contribution in [0.1, 0.15) is 61.2 Å². The van der Waals surface area contributed by atoms with Crippen LogP contribution in [0.15, 0.2) is 30.6 Å². The molecule has 9 heteroatoms. The topological polar surface area (TPSA) is 63.1 Å². The fourth-order valence-electron chi connectivity index (χ4n) is 4.19. The predicted octanol–water partition coefficient (Wildman–Crippen LogP) is 4.20. The van der Waals surface area contributed by atoms with Crippen molar-refractivity contribution >= 4 is 11.7 Å². The van der Waals surface area contributed by atoms with E-state index in [0.717, 1.165) is 11.1 Å². The van der Waals surface area contributed by atoms with Gasteiger partial charge < -0.3 is 10.2 Å². The minimum atomic E-state index is -4.38. The Morgan fingerprint density at radius 2 is 2.14 bits per heavy atom. The third-order valence-electron chi connectivity index (χ3n) is 5.81. The minimum absolute atomic E-state index is 0.0573. The second-order valence-corrected chi connectivity index (χ2v) is 8.09. The summed E-state index contributed by atoms with van der Waals surface area (Å²) in [6.45, 7) is 4.36. The molecule has 4 rings (SSSR count). The summed E-state index contributed by atoms with van der Waals surface area (Å²) >= 11 is 0. The standard InChI is InChI=1S/C20H24F3N5O/c1-12(2)14-9-17(20(21,22)23)28-18(25-14)10-15(26-28)16-6-4-8-27(16)19(29)13-5-3-7-24-11-13/h3,5,7,10-12,14,16-17,25H,4,6,8-9H2,1-2H3/t14-,16-,17+/m0/s1. The number of carbonyl (C=O) groups is 1. The summed E-state index contributed by atoms with van der Waals surface area (Å²) in [5, 5.41) is 7.53. The maximum atomic E-state index is 13.7. The first-order valence-corrected chi connectivity index (χ1v) is 9.89. The molecule has 0 spiro atoms. The lowest BCUT2D eigenvalue weighted by atomic mass is 9.94. The van der Waals surface area contributed by atoms with E-state index in [0.29, 0.717) is 30.0 Å². The van der Waals surface area contributed by atoms with Gasteiger partial charge in [0.15, 0.2) is 6.04 Å². The molecule has 2 aromatic rings. The van der Waals surface area contributed by atoms with Crippen molar-refractivity contribution in [2.75, 3.05) is 11.9 Å². The maximum absolute atomic E-state index is 13.7. The Labute approximate surface area is 167 Å². The van der Waals surface area contributed by atoms with Gasteiger partial charge in [0.25, 0.3) is 5.91 Å². The second kappa shape index (κ2) is 7.35. The molecule has 4 heterocycles. The number of hydrogen-bond donors (Lipinski definition) is 1. The molecular formula is C20H24F3N5O. The van der Waals surface area contributed by atoms with Crippen LogP contribution in [0, 0.1) is 5.92 Å². The number of anilines is 1. The first kappa shape index (κ1) is 19.7. The summed E-state index contributed by atoms with van der Waals surface area (Å²) in [5.74, 6) is 0.252. The number of rotatable bonds is 3. The normalized spacial score (nSPS) is 24.5. The van der Waals surface area contributed by atoms with E-state index in [1.165, 1.54) is 6.20 Å². The number of halogens is 3. The molecule has 1 saturated heterocycles. The van der Waals surface area contributed by atoms with Gasteiger partial charge >= 0.3 is 6.18 Å². The first-order chi connectivity index (χ1) is 13.8. The van der Waals surface area contributed by atoms with Crippen LogP contribution in [0.4, 0.5) is 19.0 Å². The lowest BCUT2D eigenvalue weighted by Gasteiger charge is -2.35. The molecule has 1 amide bonds. The van der Waals surface area contributed by atoms with Crippen LogP contribution in [-0.2, 0) is 0 Å². The van der Waals surface area contributed by atoms with E-state index in [4.69, 9.17) is 0 Å². The van der Waals surface area contributed by atoms with Crippen molar-refractivity contribution in [3.05, 3.63) is 41.9 Å².